The molecular weight excluding hydrogens is 470 g/mol. The summed E-state index contributed by atoms with van der Waals surface area (Å²) in [6.07, 6.45) is 0. The van der Waals surface area contributed by atoms with Gasteiger partial charge in [-0.25, -0.2) is 9.48 Å². The third-order valence-electron chi connectivity index (χ3n) is 4.29. The minimum Gasteiger partial charge on any atom is -0.450 e. The molecule has 2 aromatic heterocycles. The number of rotatable bonds is 7. The van der Waals surface area contributed by atoms with Crippen molar-refractivity contribution in [3.05, 3.63) is 87.0 Å². The summed E-state index contributed by atoms with van der Waals surface area (Å²) in [5.41, 5.74) is 0.483. The predicted molar refractivity (Wildman–Crippen MR) is 122 cm³/mol. The summed E-state index contributed by atoms with van der Waals surface area (Å²) in [5.74, 6) is -1.33. The summed E-state index contributed by atoms with van der Waals surface area (Å²) >= 11 is 7.19. The summed E-state index contributed by atoms with van der Waals surface area (Å²) in [6.45, 7) is -0.635. The van der Waals surface area contributed by atoms with E-state index in [2.05, 4.69) is 15.4 Å². The second-order valence-corrected chi connectivity index (χ2v) is 7.89. The van der Waals surface area contributed by atoms with Gasteiger partial charge in [-0.2, -0.15) is 4.98 Å². The van der Waals surface area contributed by atoms with Gasteiger partial charge < -0.3 is 10.1 Å². The van der Waals surface area contributed by atoms with Crippen LogP contribution >= 0.6 is 22.9 Å². The maximum atomic E-state index is 12.5. The van der Waals surface area contributed by atoms with Crippen LogP contribution in [0.4, 0.5) is 11.4 Å². The number of benzene rings is 2. The second kappa shape index (κ2) is 9.59. The van der Waals surface area contributed by atoms with Crippen LogP contribution in [0.25, 0.3) is 16.4 Å². The molecule has 10 nitrogen and oxygen atoms in total. The SMILES string of the molecule is O=C(COC(=O)c1nc(-c2cccs2)n(-c2ccccc2)n1)Nc1ccc(Cl)c([N+](=O)[O-])c1. The molecule has 0 saturated carbocycles. The number of carbonyl (C=O) groups excluding carboxylic acids is 2. The summed E-state index contributed by atoms with van der Waals surface area (Å²) in [7, 11) is 0. The predicted octanol–water partition coefficient (Wildman–Crippen LogP) is 4.35. The van der Waals surface area contributed by atoms with Crippen molar-refractivity contribution in [1.82, 2.24) is 14.8 Å². The summed E-state index contributed by atoms with van der Waals surface area (Å²) in [5, 5.41) is 19.5. The van der Waals surface area contributed by atoms with Crippen molar-refractivity contribution in [3.63, 3.8) is 0 Å². The number of hydrogen-bond acceptors (Lipinski definition) is 8. The van der Waals surface area contributed by atoms with E-state index >= 15 is 0 Å². The maximum absolute atomic E-state index is 12.5. The summed E-state index contributed by atoms with van der Waals surface area (Å²) in [6, 6.07) is 16.7. The summed E-state index contributed by atoms with van der Waals surface area (Å²) < 4.78 is 6.56. The number of ether oxygens (including phenoxy) is 1. The van der Waals surface area contributed by atoms with E-state index in [1.54, 1.807) is 0 Å². The molecule has 0 fully saturated rings. The number of nitro groups is 1. The largest absolute Gasteiger partial charge is 0.450 e. The zero-order chi connectivity index (χ0) is 23.4. The smallest absolute Gasteiger partial charge is 0.378 e. The van der Waals surface area contributed by atoms with Crippen molar-refractivity contribution in [1.29, 1.82) is 0 Å². The topological polar surface area (TPSA) is 129 Å². The van der Waals surface area contributed by atoms with E-state index in [0.717, 1.165) is 10.9 Å². The minimum atomic E-state index is -0.889. The Bertz CT molecular complexity index is 1320. The minimum absolute atomic E-state index is 0.0638. The lowest BCUT2D eigenvalue weighted by molar-refractivity contribution is -0.384. The van der Waals surface area contributed by atoms with Crippen molar-refractivity contribution in [3.8, 4) is 16.4 Å². The molecule has 0 bridgehead atoms. The Morgan fingerprint density at radius 1 is 1.15 bits per heavy atom. The Labute approximate surface area is 195 Å². The van der Waals surface area contributed by atoms with Gasteiger partial charge in [0.1, 0.15) is 5.02 Å². The number of halogens is 1. The molecule has 0 aliphatic carbocycles. The zero-order valence-electron chi connectivity index (χ0n) is 16.7. The fourth-order valence-corrected chi connectivity index (χ4v) is 3.72. The number of amides is 1. The number of esters is 1. The van der Waals surface area contributed by atoms with Crippen molar-refractivity contribution in [2.75, 3.05) is 11.9 Å². The highest BCUT2D eigenvalue weighted by molar-refractivity contribution is 7.13. The van der Waals surface area contributed by atoms with Crippen LogP contribution in [0.1, 0.15) is 10.6 Å². The van der Waals surface area contributed by atoms with E-state index in [9.17, 15) is 19.7 Å². The van der Waals surface area contributed by atoms with Crippen LogP contribution in [-0.2, 0) is 9.53 Å². The standard InChI is InChI=1S/C21H14ClN5O5S/c22-15-9-8-13(11-16(15)27(30)31)23-18(28)12-32-21(29)19-24-20(17-7-4-10-33-17)26(25-19)14-5-2-1-3-6-14/h1-11H,12H2,(H,23,28). The third-order valence-corrected chi connectivity index (χ3v) is 5.48. The lowest BCUT2D eigenvalue weighted by Gasteiger charge is -2.06. The molecule has 166 valence electrons. The molecule has 2 aromatic carbocycles. The fraction of sp³-hybridized carbons (Fsp3) is 0.0476. The van der Waals surface area contributed by atoms with Crippen LogP contribution in [0.3, 0.4) is 0 Å². The van der Waals surface area contributed by atoms with Gasteiger partial charge in [-0.15, -0.1) is 16.4 Å². The van der Waals surface area contributed by atoms with Gasteiger partial charge in [0.2, 0.25) is 0 Å². The first kappa shape index (κ1) is 22.1. The monoisotopic (exact) mass is 483 g/mol. The molecule has 0 saturated heterocycles. The van der Waals surface area contributed by atoms with Crippen LogP contribution in [0.2, 0.25) is 5.02 Å². The van der Waals surface area contributed by atoms with E-state index in [4.69, 9.17) is 16.3 Å². The van der Waals surface area contributed by atoms with Crippen LogP contribution in [0, 0.1) is 10.1 Å². The lowest BCUT2D eigenvalue weighted by Crippen LogP contribution is -2.21. The number of aromatic nitrogens is 3. The van der Waals surface area contributed by atoms with Gasteiger partial charge in [-0.1, -0.05) is 35.9 Å². The zero-order valence-corrected chi connectivity index (χ0v) is 18.2. The molecular formula is C21H14ClN5O5S. The molecule has 0 aliphatic heterocycles. The number of nitrogens with one attached hydrogen (secondary N) is 1. The van der Waals surface area contributed by atoms with Crippen molar-refractivity contribution < 1.29 is 19.2 Å². The molecule has 4 aromatic rings. The molecule has 4 rings (SSSR count). The molecule has 0 aliphatic rings. The van der Waals surface area contributed by atoms with E-state index in [1.807, 2.05) is 47.8 Å². The summed E-state index contributed by atoms with van der Waals surface area (Å²) in [4.78, 5) is 40.1. The molecule has 2 heterocycles. The van der Waals surface area contributed by atoms with Gasteiger partial charge in [-0.3, -0.25) is 14.9 Å². The van der Waals surface area contributed by atoms with Gasteiger partial charge in [0.05, 0.1) is 15.5 Å². The van der Waals surface area contributed by atoms with E-state index in [1.165, 1.54) is 28.2 Å². The number of hydrogen-bond donors (Lipinski definition) is 1. The molecule has 1 amide bonds. The lowest BCUT2D eigenvalue weighted by atomic mass is 10.3. The fourth-order valence-electron chi connectivity index (χ4n) is 2.84. The average Bonchev–Trinajstić information content (AvgIpc) is 3.49. The average molecular weight is 484 g/mol. The van der Waals surface area contributed by atoms with Crippen LogP contribution < -0.4 is 5.32 Å². The first-order valence-corrected chi connectivity index (χ1v) is 10.7. The van der Waals surface area contributed by atoms with Crippen LogP contribution in [0.5, 0.6) is 0 Å². The van der Waals surface area contributed by atoms with Crippen molar-refractivity contribution >= 4 is 46.2 Å². The molecule has 0 radical (unpaired) electrons. The van der Waals surface area contributed by atoms with E-state index in [-0.39, 0.29) is 22.2 Å². The van der Waals surface area contributed by atoms with Gasteiger partial charge in [0, 0.05) is 11.8 Å². The number of anilines is 1. The normalized spacial score (nSPS) is 10.6. The van der Waals surface area contributed by atoms with Crippen LogP contribution in [0.15, 0.2) is 66.0 Å². The Morgan fingerprint density at radius 3 is 2.64 bits per heavy atom. The van der Waals surface area contributed by atoms with Gasteiger partial charge in [0.25, 0.3) is 17.4 Å². The van der Waals surface area contributed by atoms with Gasteiger partial charge in [0.15, 0.2) is 12.4 Å². The number of carbonyl (C=O) groups is 2. The van der Waals surface area contributed by atoms with Gasteiger partial charge >= 0.3 is 5.97 Å². The molecule has 1 N–H and O–H groups in total. The van der Waals surface area contributed by atoms with E-state index in [0.29, 0.717) is 11.5 Å². The quantitative estimate of drug-likeness (QED) is 0.235. The Morgan fingerprint density at radius 2 is 1.94 bits per heavy atom. The first-order chi connectivity index (χ1) is 15.9. The number of thiophene rings is 1. The maximum Gasteiger partial charge on any atom is 0.378 e. The Balaban J connectivity index is 1.47. The number of para-hydroxylation sites is 1. The Hall–Kier alpha value is -4.09. The Kier molecular flexibility index (Phi) is 6.43. The molecule has 12 heteroatoms. The van der Waals surface area contributed by atoms with Crippen LogP contribution in [-0.4, -0.2) is 38.2 Å². The highest BCUT2D eigenvalue weighted by Crippen LogP contribution is 2.28. The number of nitro benzene ring substituents is 1. The van der Waals surface area contributed by atoms with E-state index < -0.39 is 23.4 Å². The molecule has 0 unspecified atom stereocenters. The first-order valence-electron chi connectivity index (χ1n) is 9.39. The molecule has 33 heavy (non-hydrogen) atoms. The number of nitrogens with zero attached hydrogens (tertiary/aromatic N) is 4. The molecule has 0 atom stereocenters. The van der Waals surface area contributed by atoms with Crippen molar-refractivity contribution in [2.45, 2.75) is 0 Å². The van der Waals surface area contributed by atoms with Gasteiger partial charge in [-0.05, 0) is 35.7 Å². The highest BCUT2D eigenvalue weighted by Gasteiger charge is 2.21. The molecule has 0 spiro atoms. The third kappa shape index (κ3) is 5.05. The van der Waals surface area contributed by atoms with Crippen molar-refractivity contribution in [2.24, 2.45) is 0 Å². The second-order valence-electron chi connectivity index (χ2n) is 6.53. The highest BCUT2D eigenvalue weighted by atomic mass is 35.5.